The van der Waals surface area contributed by atoms with Crippen LogP contribution in [-0.4, -0.2) is 38.7 Å². The van der Waals surface area contributed by atoms with E-state index >= 15 is 0 Å². The molecule has 4 rings (SSSR count). The van der Waals surface area contributed by atoms with Crippen molar-refractivity contribution in [2.45, 2.75) is 45.7 Å². The Bertz CT molecular complexity index is 1070. The van der Waals surface area contributed by atoms with Gasteiger partial charge in [0.2, 0.25) is 0 Å². The third kappa shape index (κ3) is 4.61. The van der Waals surface area contributed by atoms with Gasteiger partial charge in [-0.05, 0) is 57.5 Å². The molecule has 0 bridgehead atoms. The van der Waals surface area contributed by atoms with Gasteiger partial charge in [0.25, 0.3) is 5.91 Å². The number of carbonyl (C=O) groups is 1. The van der Waals surface area contributed by atoms with E-state index < -0.39 is 5.91 Å². The number of primary amides is 1. The smallest absolute Gasteiger partial charge is 0.252 e. The van der Waals surface area contributed by atoms with E-state index in [1.807, 2.05) is 12.1 Å². The number of rotatable bonds is 6. The van der Waals surface area contributed by atoms with Crippen LogP contribution in [0.3, 0.4) is 0 Å². The van der Waals surface area contributed by atoms with Gasteiger partial charge in [0, 0.05) is 29.4 Å². The zero-order valence-electron chi connectivity index (χ0n) is 18.2. The molecular weight excluding hydrogens is 388 g/mol. The number of hydrogen-bond donors (Lipinski definition) is 2. The molecule has 1 aliphatic rings. The van der Waals surface area contributed by atoms with Gasteiger partial charge in [-0.15, -0.1) is 0 Å². The van der Waals surface area contributed by atoms with Gasteiger partial charge in [-0.1, -0.05) is 30.3 Å². The molecule has 0 saturated carbocycles. The fourth-order valence-corrected chi connectivity index (χ4v) is 4.41. The van der Waals surface area contributed by atoms with Crippen LogP contribution in [0.4, 0.5) is 5.82 Å². The van der Waals surface area contributed by atoms with E-state index in [0.717, 1.165) is 50.4 Å². The third-order valence-electron chi connectivity index (χ3n) is 6.31. The van der Waals surface area contributed by atoms with Crippen LogP contribution in [0.2, 0.25) is 0 Å². The van der Waals surface area contributed by atoms with Gasteiger partial charge < -0.3 is 11.5 Å². The molecule has 3 heterocycles. The van der Waals surface area contributed by atoms with Crippen LogP contribution in [0.15, 0.2) is 42.5 Å². The van der Waals surface area contributed by atoms with Crippen molar-refractivity contribution in [2.24, 2.45) is 5.73 Å². The monoisotopic (exact) mass is 418 g/mol. The zero-order valence-corrected chi connectivity index (χ0v) is 18.2. The first-order chi connectivity index (χ1) is 14.9. The van der Waals surface area contributed by atoms with Gasteiger partial charge >= 0.3 is 0 Å². The number of aromatic nitrogens is 3. The topological polar surface area (TPSA) is 103 Å². The van der Waals surface area contributed by atoms with E-state index in [-0.39, 0.29) is 5.82 Å². The van der Waals surface area contributed by atoms with Crippen molar-refractivity contribution >= 4 is 11.7 Å². The van der Waals surface area contributed by atoms with Crippen molar-refractivity contribution in [3.8, 4) is 0 Å². The summed E-state index contributed by atoms with van der Waals surface area (Å²) >= 11 is 0. The van der Waals surface area contributed by atoms with Crippen LogP contribution in [0.1, 0.15) is 57.3 Å². The van der Waals surface area contributed by atoms with Gasteiger partial charge in [-0.3, -0.25) is 14.4 Å². The Kier molecular flexibility index (Phi) is 6.04. The number of pyridine rings is 1. The number of likely N-dealkylation sites (tertiary alicyclic amines) is 1. The van der Waals surface area contributed by atoms with E-state index in [2.05, 4.69) is 52.7 Å². The summed E-state index contributed by atoms with van der Waals surface area (Å²) in [5.74, 6) is 0.0397. The Morgan fingerprint density at radius 1 is 1.06 bits per heavy atom. The predicted molar refractivity (Wildman–Crippen MR) is 122 cm³/mol. The number of hydrogen-bond acceptors (Lipinski definition) is 5. The predicted octanol–water partition coefficient (Wildman–Crippen LogP) is 3.00. The molecule has 0 aliphatic carbocycles. The second-order valence-corrected chi connectivity index (χ2v) is 8.38. The van der Waals surface area contributed by atoms with Crippen molar-refractivity contribution in [3.63, 3.8) is 0 Å². The maximum atomic E-state index is 11.4. The summed E-state index contributed by atoms with van der Waals surface area (Å²) in [6.07, 6.45) is 2.03. The first kappa shape index (κ1) is 21.1. The first-order valence-electron chi connectivity index (χ1n) is 10.8. The highest BCUT2D eigenvalue weighted by Gasteiger charge is 2.24. The van der Waals surface area contributed by atoms with Crippen molar-refractivity contribution in [1.29, 1.82) is 0 Å². The largest absolute Gasteiger partial charge is 0.383 e. The summed E-state index contributed by atoms with van der Waals surface area (Å²) in [6.45, 7) is 7.96. The molecule has 0 unspecified atom stereocenters. The molecular formula is C24H30N6O. The lowest BCUT2D eigenvalue weighted by molar-refractivity contribution is 0.100. The van der Waals surface area contributed by atoms with Crippen molar-refractivity contribution in [3.05, 3.63) is 76.2 Å². The number of piperidine rings is 1. The second-order valence-electron chi connectivity index (χ2n) is 8.38. The third-order valence-corrected chi connectivity index (χ3v) is 6.31. The van der Waals surface area contributed by atoms with Gasteiger partial charge in [-0.25, -0.2) is 4.98 Å². The number of anilines is 1. The molecule has 0 spiro atoms. The summed E-state index contributed by atoms with van der Waals surface area (Å²) in [5.41, 5.74) is 17.4. The van der Waals surface area contributed by atoms with Gasteiger partial charge in [0.15, 0.2) is 0 Å². The molecule has 0 atom stereocenters. The molecule has 1 saturated heterocycles. The number of benzene rings is 1. The molecule has 3 aromatic rings. The molecule has 0 radical (unpaired) electrons. The van der Waals surface area contributed by atoms with Crippen LogP contribution in [-0.2, 0) is 13.1 Å². The lowest BCUT2D eigenvalue weighted by Crippen LogP contribution is -2.33. The number of amides is 1. The normalized spacial score (nSPS) is 15.3. The van der Waals surface area contributed by atoms with Gasteiger partial charge in [0.1, 0.15) is 5.82 Å². The van der Waals surface area contributed by atoms with E-state index in [4.69, 9.17) is 16.6 Å². The molecule has 2 aromatic heterocycles. The van der Waals surface area contributed by atoms with Crippen molar-refractivity contribution < 1.29 is 4.79 Å². The standard InChI is InChI=1S/C24H30N6O/c1-16-21(17(2)30(28-16)14-18-6-4-3-5-7-18)15-29-12-10-19(11-13-29)22-9-8-20(24(26)31)23(25)27-22/h3-9,19H,10-15H2,1-2H3,(H2,25,27)(H2,26,31). The molecule has 31 heavy (non-hydrogen) atoms. The SMILES string of the molecule is Cc1nn(Cc2ccccc2)c(C)c1CN1CCC(c2ccc(C(N)=O)c(N)n2)CC1. The number of carbonyl (C=O) groups excluding carboxylic acids is 1. The average molecular weight is 419 g/mol. The Balaban J connectivity index is 1.39. The number of aryl methyl sites for hydroxylation is 1. The Hall–Kier alpha value is -3.19. The van der Waals surface area contributed by atoms with E-state index in [9.17, 15) is 4.79 Å². The number of nitrogens with zero attached hydrogens (tertiary/aromatic N) is 4. The molecule has 162 valence electrons. The minimum Gasteiger partial charge on any atom is -0.383 e. The fraction of sp³-hybridized carbons (Fsp3) is 0.375. The van der Waals surface area contributed by atoms with Crippen LogP contribution < -0.4 is 11.5 Å². The van der Waals surface area contributed by atoms with Crippen LogP contribution in [0, 0.1) is 13.8 Å². The van der Waals surface area contributed by atoms with E-state index in [0.29, 0.717) is 11.5 Å². The maximum absolute atomic E-state index is 11.4. The first-order valence-corrected chi connectivity index (χ1v) is 10.8. The lowest BCUT2D eigenvalue weighted by atomic mass is 9.92. The molecule has 1 amide bonds. The fourth-order valence-electron chi connectivity index (χ4n) is 4.41. The summed E-state index contributed by atoms with van der Waals surface area (Å²) < 4.78 is 2.11. The minimum absolute atomic E-state index is 0.226. The van der Waals surface area contributed by atoms with Gasteiger partial charge in [0.05, 0.1) is 17.8 Å². The van der Waals surface area contributed by atoms with Crippen LogP contribution in [0.25, 0.3) is 0 Å². The molecule has 1 aromatic carbocycles. The lowest BCUT2D eigenvalue weighted by Gasteiger charge is -2.32. The Labute approximate surface area is 183 Å². The summed E-state index contributed by atoms with van der Waals surface area (Å²) in [5, 5.41) is 4.79. The Morgan fingerprint density at radius 3 is 2.42 bits per heavy atom. The highest BCUT2D eigenvalue weighted by atomic mass is 16.1. The maximum Gasteiger partial charge on any atom is 0.252 e. The van der Waals surface area contributed by atoms with Crippen LogP contribution in [0.5, 0.6) is 0 Å². The summed E-state index contributed by atoms with van der Waals surface area (Å²) in [7, 11) is 0. The Morgan fingerprint density at radius 2 is 1.77 bits per heavy atom. The van der Waals surface area contributed by atoms with Gasteiger partial charge in [-0.2, -0.15) is 5.10 Å². The number of nitrogen functional groups attached to an aromatic ring is 1. The van der Waals surface area contributed by atoms with Crippen LogP contribution >= 0.6 is 0 Å². The minimum atomic E-state index is -0.537. The molecule has 4 N–H and O–H groups in total. The number of nitrogens with two attached hydrogens (primary N) is 2. The molecule has 7 nitrogen and oxygen atoms in total. The highest BCUT2D eigenvalue weighted by Crippen LogP contribution is 2.29. The van der Waals surface area contributed by atoms with E-state index in [1.54, 1.807) is 6.07 Å². The van der Waals surface area contributed by atoms with E-state index in [1.165, 1.54) is 16.8 Å². The summed E-state index contributed by atoms with van der Waals surface area (Å²) in [6, 6.07) is 14.0. The quantitative estimate of drug-likeness (QED) is 0.640. The molecule has 1 aliphatic heterocycles. The van der Waals surface area contributed by atoms with Crippen molar-refractivity contribution in [1.82, 2.24) is 19.7 Å². The highest BCUT2D eigenvalue weighted by molar-refractivity contribution is 5.97. The zero-order chi connectivity index (χ0) is 22.0. The van der Waals surface area contributed by atoms with Crippen molar-refractivity contribution in [2.75, 3.05) is 18.8 Å². The average Bonchev–Trinajstić information content (AvgIpc) is 3.02. The second kappa shape index (κ2) is 8.89. The molecule has 7 heteroatoms. The molecule has 1 fully saturated rings. The summed E-state index contributed by atoms with van der Waals surface area (Å²) in [4.78, 5) is 18.3.